The molecule has 0 N–H and O–H groups in total. The number of nitrogens with zero attached hydrogens (tertiary/aromatic N) is 2. The molecule has 0 aromatic carbocycles. The molecule has 0 saturated heterocycles. The van der Waals surface area contributed by atoms with E-state index in [-0.39, 0.29) is 5.16 Å². The Labute approximate surface area is 82.4 Å². The minimum Gasteiger partial charge on any atom is -0.240 e. The molecule has 0 amide bonds. The van der Waals surface area contributed by atoms with Crippen molar-refractivity contribution in [3.63, 3.8) is 0 Å². The minimum atomic E-state index is 0.0285. The molecular formula is C10H17N2P. The molecule has 2 unspecified atom stereocenters. The van der Waals surface area contributed by atoms with E-state index in [1.165, 1.54) is 0 Å². The summed E-state index contributed by atoms with van der Waals surface area (Å²) in [5, 5.41) is 0.0285. The first-order valence-corrected chi connectivity index (χ1v) is 5.23. The number of hydrogen-bond donors (Lipinski definition) is 0. The van der Waals surface area contributed by atoms with Crippen LogP contribution in [0.25, 0.3) is 0 Å². The second kappa shape index (κ2) is 4.15. The third-order valence-electron chi connectivity index (χ3n) is 2.07. The minimum absolute atomic E-state index is 0.0285. The summed E-state index contributed by atoms with van der Waals surface area (Å²) in [6.45, 7) is 6.34. The molecule has 13 heavy (non-hydrogen) atoms. The van der Waals surface area contributed by atoms with E-state index in [4.69, 9.17) is 0 Å². The van der Waals surface area contributed by atoms with E-state index in [0.29, 0.717) is 0 Å². The number of hydrogen-bond acceptors (Lipinski definition) is 2. The topological polar surface area (TPSA) is 25.8 Å². The number of aromatic nitrogens is 2. The van der Waals surface area contributed by atoms with Crippen molar-refractivity contribution in [3.05, 3.63) is 23.8 Å². The van der Waals surface area contributed by atoms with Crippen LogP contribution in [-0.2, 0) is 5.16 Å². The fraction of sp³-hybridized carbons (Fsp3) is 0.600. The lowest BCUT2D eigenvalue weighted by molar-refractivity contribution is 0.570. The maximum atomic E-state index is 4.43. The quantitative estimate of drug-likeness (QED) is 0.694. The summed E-state index contributed by atoms with van der Waals surface area (Å²) in [4.78, 5) is 8.73. The molecule has 0 aliphatic heterocycles. The first kappa shape index (κ1) is 10.6. The summed E-state index contributed by atoms with van der Waals surface area (Å²) in [5.41, 5.74) is 1.04. The van der Waals surface area contributed by atoms with Crippen molar-refractivity contribution < 1.29 is 0 Å². The van der Waals surface area contributed by atoms with Gasteiger partial charge in [0.05, 0.1) is 0 Å². The lowest BCUT2D eigenvalue weighted by atomic mass is 10.0. The molecule has 1 aromatic rings. The zero-order chi connectivity index (χ0) is 9.90. The molecule has 0 saturated carbocycles. The lowest BCUT2D eigenvalue weighted by Gasteiger charge is -2.21. The van der Waals surface area contributed by atoms with Gasteiger partial charge in [0.2, 0.25) is 0 Å². The van der Waals surface area contributed by atoms with Crippen molar-refractivity contribution in [1.82, 2.24) is 9.97 Å². The van der Waals surface area contributed by atoms with Gasteiger partial charge in [0.25, 0.3) is 0 Å². The first-order chi connectivity index (χ1) is 6.06. The van der Waals surface area contributed by atoms with E-state index in [2.05, 4.69) is 33.1 Å². The van der Waals surface area contributed by atoms with Gasteiger partial charge >= 0.3 is 0 Å². The molecule has 0 aliphatic carbocycles. The van der Waals surface area contributed by atoms with E-state index >= 15 is 0 Å². The summed E-state index contributed by atoms with van der Waals surface area (Å²) in [6.07, 6.45) is 4.08. The highest BCUT2D eigenvalue weighted by Gasteiger charge is 2.22. The summed E-state index contributed by atoms with van der Waals surface area (Å²) in [5.74, 6) is 0.930. The van der Waals surface area contributed by atoms with Crippen LogP contribution in [0.1, 0.15) is 38.2 Å². The van der Waals surface area contributed by atoms with Crippen molar-refractivity contribution in [2.45, 2.75) is 38.8 Å². The molecule has 0 bridgehead atoms. The molecular weight excluding hydrogens is 179 g/mol. The van der Waals surface area contributed by atoms with Gasteiger partial charge in [-0.1, -0.05) is 13.3 Å². The Morgan fingerprint density at radius 3 is 2.77 bits per heavy atom. The maximum Gasteiger partial charge on any atom is 0.138 e. The summed E-state index contributed by atoms with van der Waals surface area (Å²) < 4.78 is 0. The fourth-order valence-electron chi connectivity index (χ4n) is 1.36. The summed E-state index contributed by atoms with van der Waals surface area (Å²) >= 11 is 0. The molecule has 0 radical (unpaired) electrons. The fourth-order valence-corrected chi connectivity index (χ4v) is 1.78. The second-order valence-corrected chi connectivity index (χ2v) is 4.96. The van der Waals surface area contributed by atoms with Crippen LogP contribution in [0.15, 0.2) is 12.3 Å². The molecule has 1 aromatic heterocycles. The highest BCUT2D eigenvalue weighted by Crippen LogP contribution is 2.32. The van der Waals surface area contributed by atoms with Crippen LogP contribution in [-0.4, -0.2) is 9.97 Å². The van der Waals surface area contributed by atoms with Crippen LogP contribution in [0.3, 0.4) is 0 Å². The van der Waals surface area contributed by atoms with E-state index in [1.54, 1.807) is 0 Å². The Balaban J connectivity index is 2.93. The molecule has 0 aliphatic rings. The Morgan fingerprint density at radius 1 is 1.54 bits per heavy atom. The van der Waals surface area contributed by atoms with Crippen molar-refractivity contribution >= 4 is 9.24 Å². The third kappa shape index (κ3) is 2.73. The SMILES string of the molecule is CCCC(C)(P)c1nccc(C)n1. The predicted molar refractivity (Wildman–Crippen MR) is 58.7 cm³/mol. The van der Waals surface area contributed by atoms with Crippen LogP contribution < -0.4 is 0 Å². The average Bonchev–Trinajstić information content (AvgIpc) is 2.04. The highest BCUT2D eigenvalue weighted by molar-refractivity contribution is 7.18. The maximum absolute atomic E-state index is 4.43. The van der Waals surface area contributed by atoms with Gasteiger partial charge in [0.15, 0.2) is 0 Å². The molecule has 0 spiro atoms. The molecule has 72 valence electrons. The Bertz CT molecular complexity index is 284. The summed E-state index contributed by atoms with van der Waals surface area (Å²) in [6, 6.07) is 1.93. The van der Waals surface area contributed by atoms with Crippen LogP contribution in [0, 0.1) is 6.92 Å². The molecule has 2 nitrogen and oxygen atoms in total. The van der Waals surface area contributed by atoms with Gasteiger partial charge in [0, 0.05) is 17.0 Å². The van der Waals surface area contributed by atoms with Gasteiger partial charge in [-0.15, -0.1) is 9.24 Å². The zero-order valence-electron chi connectivity index (χ0n) is 8.54. The van der Waals surface area contributed by atoms with Gasteiger partial charge < -0.3 is 0 Å². The van der Waals surface area contributed by atoms with Crippen LogP contribution in [0.4, 0.5) is 0 Å². The van der Waals surface area contributed by atoms with Crippen molar-refractivity contribution in [3.8, 4) is 0 Å². The van der Waals surface area contributed by atoms with Gasteiger partial charge in [-0.2, -0.15) is 0 Å². The van der Waals surface area contributed by atoms with Crippen LogP contribution >= 0.6 is 9.24 Å². The van der Waals surface area contributed by atoms with E-state index in [0.717, 1.165) is 24.4 Å². The van der Waals surface area contributed by atoms with E-state index < -0.39 is 0 Å². The summed E-state index contributed by atoms with van der Waals surface area (Å²) in [7, 11) is 2.85. The first-order valence-electron chi connectivity index (χ1n) is 4.65. The van der Waals surface area contributed by atoms with Crippen LogP contribution in [0.2, 0.25) is 0 Å². The van der Waals surface area contributed by atoms with Gasteiger partial charge in [0.1, 0.15) is 5.82 Å². The van der Waals surface area contributed by atoms with Gasteiger partial charge in [-0.25, -0.2) is 9.97 Å². The standard InChI is InChI=1S/C10H17N2P/c1-4-6-10(3,13)9-11-7-5-8(2)12-9/h5,7H,4,6,13H2,1-3H3. The van der Waals surface area contributed by atoms with Gasteiger partial charge in [-0.3, -0.25) is 0 Å². The lowest BCUT2D eigenvalue weighted by Crippen LogP contribution is -2.16. The third-order valence-corrected chi connectivity index (χ3v) is 2.62. The highest BCUT2D eigenvalue weighted by atomic mass is 31.0. The monoisotopic (exact) mass is 196 g/mol. The van der Waals surface area contributed by atoms with Crippen molar-refractivity contribution in [2.24, 2.45) is 0 Å². The van der Waals surface area contributed by atoms with Crippen molar-refractivity contribution in [1.29, 1.82) is 0 Å². The van der Waals surface area contributed by atoms with E-state index in [1.807, 2.05) is 19.2 Å². The normalized spacial score (nSPS) is 15.4. The van der Waals surface area contributed by atoms with Crippen LogP contribution in [0.5, 0.6) is 0 Å². The Morgan fingerprint density at radius 2 is 2.23 bits per heavy atom. The van der Waals surface area contributed by atoms with E-state index in [9.17, 15) is 0 Å². The van der Waals surface area contributed by atoms with Crippen molar-refractivity contribution in [2.75, 3.05) is 0 Å². The van der Waals surface area contributed by atoms with Gasteiger partial charge in [-0.05, 0) is 26.3 Å². The second-order valence-electron chi connectivity index (χ2n) is 3.69. The molecule has 1 heterocycles. The average molecular weight is 196 g/mol. The molecule has 0 fully saturated rings. The number of aryl methyl sites for hydroxylation is 1. The largest absolute Gasteiger partial charge is 0.240 e. The molecule has 1 rings (SSSR count). The molecule has 2 atom stereocenters. The zero-order valence-corrected chi connectivity index (χ0v) is 9.70. The Hall–Kier alpha value is -0.490. The Kier molecular flexibility index (Phi) is 3.38. The molecule has 3 heteroatoms. The predicted octanol–water partition coefficient (Wildman–Crippen LogP) is 2.68. The smallest absolute Gasteiger partial charge is 0.138 e. The number of rotatable bonds is 3.